The Morgan fingerprint density at radius 2 is 1.95 bits per heavy atom. The van der Waals surface area contributed by atoms with Crippen LogP contribution >= 0.6 is 12.6 Å². The summed E-state index contributed by atoms with van der Waals surface area (Å²) in [5.41, 5.74) is 1.80. The van der Waals surface area contributed by atoms with E-state index in [4.69, 9.17) is 4.74 Å². The number of ether oxygens (including phenoxy) is 1. The third-order valence-electron chi connectivity index (χ3n) is 3.18. The third kappa shape index (κ3) is 2.46. The van der Waals surface area contributed by atoms with Crippen LogP contribution in [0.25, 0.3) is 16.9 Å². The van der Waals surface area contributed by atoms with Crippen LogP contribution in [0.1, 0.15) is 0 Å². The van der Waals surface area contributed by atoms with E-state index < -0.39 is 0 Å². The monoisotopic (exact) mass is 315 g/mol. The molecular weight excluding hydrogens is 302 g/mol. The number of phenols is 2. The van der Waals surface area contributed by atoms with E-state index in [1.807, 2.05) is 24.3 Å². The number of thiol groups is 1. The lowest BCUT2D eigenvalue weighted by molar-refractivity contribution is 0.415. The Labute approximate surface area is 132 Å². The first-order valence-electron chi connectivity index (χ1n) is 6.41. The molecule has 3 aromatic rings. The van der Waals surface area contributed by atoms with Crippen LogP contribution in [0.4, 0.5) is 0 Å². The van der Waals surface area contributed by atoms with Gasteiger partial charge in [0.2, 0.25) is 0 Å². The maximum absolute atomic E-state index is 10.0. The van der Waals surface area contributed by atoms with Gasteiger partial charge < -0.3 is 14.9 Å². The van der Waals surface area contributed by atoms with E-state index in [-0.39, 0.29) is 11.5 Å². The fourth-order valence-corrected chi connectivity index (χ4v) is 2.42. The molecule has 0 saturated carbocycles. The average Bonchev–Trinajstić information content (AvgIpc) is 2.89. The molecule has 7 heteroatoms. The van der Waals surface area contributed by atoms with Crippen molar-refractivity contribution in [3.63, 3.8) is 0 Å². The van der Waals surface area contributed by atoms with Gasteiger partial charge in [-0.15, -0.1) is 17.7 Å². The number of phenolic OH excluding ortho intramolecular Hbond substituents is 2. The molecule has 6 nitrogen and oxygen atoms in total. The van der Waals surface area contributed by atoms with Gasteiger partial charge in [0.1, 0.15) is 33.7 Å². The van der Waals surface area contributed by atoms with E-state index in [0.29, 0.717) is 22.2 Å². The number of benzene rings is 2. The second kappa shape index (κ2) is 5.61. The molecule has 1 aromatic heterocycles. The molecule has 0 aliphatic heterocycles. The van der Waals surface area contributed by atoms with Crippen LogP contribution in [0.3, 0.4) is 0 Å². The molecule has 0 bridgehead atoms. The Balaban J connectivity index is 2.19. The minimum absolute atomic E-state index is 0.0320. The molecular formula is C15H13N3O3S. The second-order valence-electron chi connectivity index (χ2n) is 4.58. The predicted molar refractivity (Wildman–Crippen MR) is 83.9 cm³/mol. The SMILES string of the molecule is COc1cccc(-c2c(S)nnn2-c2ccc(O)cc2O)c1. The topological polar surface area (TPSA) is 80.4 Å². The minimum atomic E-state index is -0.109. The number of methoxy groups -OCH3 is 1. The van der Waals surface area contributed by atoms with Crippen molar-refractivity contribution in [2.45, 2.75) is 5.03 Å². The first-order valence-corrected chi connectivity index (χ1v) is 6.86. The average molecular weight is 315 g/mol. The van der Waals surface area contributed by atoms with E-state index in [0.717, 1.165) is 5.56 Å². The lowest BCUT2D eigenvalue weighted by Gasteiger charge is -2.10. The van der Waals surface area contributed by atoms with Crippen LogP contribution in [0.2, 0.25) is 0 Å². The summed E-state index contributed by atoms with van der Waals surface area (Å²) in [5, 5.41) is 27.8. The summed E-state index contributed by atoms with van der Waals surface area (Å²) < 4.78 is 6.68. The van der Waals surface area contributed by atoms with Crippen molar-refractivity contribution in [1.29, 1.82) is 0 Å². The number of rotatable bonds is 3. The van der Waals surface area contributed by atoms with Gasteiger partial charge in [0.25, 0.3) is 0 Å². The first-order chi connectivity index (χ1) is 10.6. The Morgan fingerprint density at radius 1 is 1.14 bits per heavy atom. The molecule has 1 heterocycles. The molecule has 112 valence electrons. The fourth-order valence-electron chi connectivity index (χ4n) is 2.16. The van der Waals surface area contributed by atoms with Gasteiger partial charge >= 0.3 is 0 Å². The summed E-state index contributed by atoms with van der Waals surface area (Å²) in [5.74, 6) is 0.547. The molecule has 0 spiro atoms. The standard InChI is InChI=1S/C15H13N3O3S/c1-21-11-4-2-3-9(7-11)14-15(22)16-17-18(14)12-6-5-10(19)8-13(12)20/h2-8,19-20,22H,1H3. The number of hydrogen-bond donors (Lipinski definition) is 3. The maximum atomic E-state index is 10.0. The molecule has 0 aliphatic rings. The Kier molecular flexibility index (Phi) is 3.64. The number of aromatic nitrogens is 3. The predicted octanol–water partition coefficient (Wildman–Crippen LogP) is 2.64. The van der Waals surface area contributed by atoms with Crippen molar-refractivity contribution in [2.75, 3.05) is 7.11 Å². The lowest BCUT2D eigenvalue weighted by atomic mass is 10.1. The highest BCUT2D eigenvalue weighted by Crippen LogP contribution is 2.33. The van der Waals surface area contributed by atoms with Gasteiger partial charge in [-0.05, 0) is 24.3 Å². The van der Waals surface area contributed by atoms with Gasteiger partial charge in [-0.1, -0.05) is 17.3 Å². The normalized spacial score (nSPS) is 10.6. The summed E-state index contributed by atoms with van der Waals surface area (Å²) in [4.78, 5) is 0. The van der Waals surface area contributed by atoms with Gasteiger partial charge in [-0.25, -0.2) is 4.68 Å². The molecule has 0 atom stereocenters. The van der Waals surface area contributed by atoms with Gasteiger partial charge in [0.05, 0.1) is 7.11 Å². The van der Waals surface area contributed by atoms with E-state index in [2.05, 4.69) is 22.9 Å². The van der Waals surface area contributed by atoms with Crippen LogP contribution in [0.15, 0.2) is 47.5 Å². The highest BCUT2D eigenvalue weighted by atomic mass is 32.1. The maximum Gasteiger partial charge on any atom is 0.145 e. The van der Waals surface area contributed by atoms with Gasteiger partial charge in [0.15, 0.2) is 0 Å². The van der Waals surface area contributed by atoms with E-state index in [1.54, 1.807) is 13.2 Å². The van der Waals surface area contributed by atoms with Gasteiger partial charge in [-0.3, -0.25) is 0 Å². The van der Waals surface area contributed by atoms with Crippen LogP contribution < -0.4 is 4.74 Å². The molecule has 0 fully saturated rings. The molecule has 2 N–H and O–H groups in total. The smallest absolute Gasteiger partial charge is 0.145 e. The van der Waals surface area contributed by atoms with Crippen LogP contribution in [0, 0.1) is 0 Å². The summed E-state index contributed by atoms with van der Waals surface area (Å²) in [7, 11) is 1.59. The largest absolute Gasteiger partial charge is 0.508 e. The fraction of sp³-hybridized carbons (Fsp3) is 0.0667. The number of hydrogen-bond acceptors (Lipinski definition) is 6. The summed E-state index contributed by atoms with van der Waals surface area (Å²) in [6, 6.07) is 11.6. The van der Waals surface area contributed by atoms with Gasteiger partial charge in [-0.2, -0.15) is 0 Å². The minimum Gasteiger partial charge on any atom is -0.508 e. The number of nitrogens with zero attached hydrogens (tertiary/aromatic N) is 3. The van der Waals surface area contributed by atoms with Crippen molar-refractivity contribution >= 4 is 12.6 Å². The zero-order valence-corrected chi connectivity index (χ0v) is 12.5. The summed E-state index contributed by atoms with van der Waals surface area (Å²) >= 11 is 4.33. The second-order valence-corrected chi connectivity index (χ2v) is 5.00. The molecule has 3 rings (SSSR count). The quantitative estimate of drug-likeness (QED) is 0.647. The Morgan fingerprint density at radius 3 is 2.68 bits per heavy atom. The van der Waals surface area contributed by atoms with Crippen LogP contribution in [-0.2, 0) is 0 Å². The van der Waals surface area contributed by atoms with E-state index in [1.165, 1.54) is 16.8 Å². The van der Waals surface area contributed by atoms with Crippen molar-refractivity contribution in [2.24, 2.45) is 0 Å². The highest BCUT2D eigenvalue weighted by Gasteiger charge is 2.17. The first kappa shape index (κ1) is 14.3. The highest BCUT2D eigenvalue weighted by molar-refractivity contribution is 7.80. The third-order valence-corrected chi connectivity index (χ3v) is 3.48. The summed E-state index contributed by atoms with van der Waals surface area (Å²) in [6.45, 7) is 0. The molecule has 0 radical (unpaired) electrons. The Bertz CT molecular complexity index is 833. The van der Waals surface area contributed by atoms with Crippen molar-refractivity contribution < 1.29 is 14.9 Å². The van der Waals surface area contributed by atoms with Crippen LogP contribution in [0.5, 0.6) is 17.2 Å². The number of aromatic hydroxyl groups is 2. The molecule has 0 amide bonds. The molecule has 0 aliphatic carbocycles. The molecule has 0 saturated heterocycles. The molecule has 2 aromatic carbocycles. The van der Waals surface area contributed by atoms with Crippen molar-refractivity contribution in [3.8, 4) is 34.2 Å². The molecule has 22 heavy (non-hydrogen) atoms. The van der Waals surface area contributed by atoms with E-state index >= 15 is 0 Å². The van der Waals surface area contributed by atoms with E-state index in [9.17, 15) is 10.2 Å². The Hall–Kier alpha value is -2.67. The zero-order chi connectivity index (χ0) is 15.7. The zero-order valence-electron chi connectivity index (χ0n) is 11.6. The van der Waals surface area contributed by atoms with Crippen molar-refractivity contribution in [3.05, 3.63) is 42.5 Å². The lowest BCUT2D eigenvalue weighted by Crippen LogP contribution is -2.00. The van der Waals surface area contributed by atoms with Crippen LogP contribution in [-0.4, -0.2) is 32.3 Å². The summed E-state index contributed by atoms with van der Waals surface area (Å²) in [6.07, 6.45) is 0. The van der Waals surface area contributed by atoms with Crippen molar-refractivity contribution in [1.82, 2.24) is 15.0 Å². The van der Waals surface area contributed by atoms with Gasteiger partial charge in [0, 0.05) is 11.6 Å². The molecule has 0 unspecified atom stereocenters.